The first kappa shape index (κ1) is 6.48. The summed E-state index contributed by atoms with van der Waals surface area (Å²) in [7, 11) is 1.46. The van der Waals surface area contributed by atoms with E-state index in [0.29, 0.717) is 0 Å². The molecular formula is C7H4O. The molecule has 0 unspecified atom stereocenters. The summed E-state index contributed by atoms with van der Waals surface area (Å²) in [4.78, 5) is 0. The number of ether oxygens (including phenoxy) is 1. The van der Waals surface area contributed by atoms with E-state index in [2.05, 4.69) is 34.5 Å². The maximum atomic E-state index is 4.78. The molecule has 0 saturated carbocycles. The maximum Gasteiger partial charge on any atom is 0.124 e. The van der Waals surface area contributed by atoms with Crippen molar-refractivity contribution in [2.75, 3.05) is 7.11 Å². The van der Waals surface area contributed by atoms with Crippen molar-refractivity contribution >= 4 is 0 Å². The minimum absolute atomic E-state index is 1.46. The smallest absolute Gasteiger partial charge is 0.124 e. The second-order valence-electron chi connectivity index (χ2n) is 0.826. The molecule has 0 radical (unpaired) electrons. The van der Waals surface area contributed by atoms with Crippen LogP contribution in [0.2, 0.25) is 0 Å². The Bertz CT molecular complexity index is 199. The van der Waals surface area contributed by atoms with Crippen LogP contribution in [-0.2, 0) is 4.74 Å². The first-order valence-corrected chi connectivity index (χ1v) is 1.90. The molecule has 8 heavy (non-hydrogen) atoms. The van der Waals surface area contributed by atoms with E-state index >= 15 is 0 Å². The topological polar surface area (TPSA) is 9.23 Å². The van der Waals surface area contributed by atoms with Crippen molar-refractivity contribution < 1.29 is 4.74 Å². The maximum absolute atomic E-state index is 4.78. The number of hydrogen-bond acceptors (Lipinski definition) is 1. The lowest BCUT2D eigenvalue weighted by Crippen LogP contribution is -1.61. The highest BCUT2D eigenvalue weighted by Crippen LogP contribution is 1.53. The van der Waals surface area contributed by atoms with Gasteiger partial charge in [-0.2, -0.15) is 0 Å². The predicted molar refractivity (Wildman–Crippen MR) is 31.4 cm³/mol. The molecule has 0 aromatic rings. The van der Waals surface area contributed by atoms with E-state index in [4.69, 9.17) is 6.42 Å². The number of terminal acetylenes is 1. The summed E-state index contributed by atoms with van der Waals surface area (Å²) in [6, 6.07) is 0. The van der Waals surface area contributed by atoms with Crippen molar-refractivity contribution in [3.05, 3.63) is 0 Å². The van der Waals surface area contributed by atoms with Crippen LogP contribution in [0.25, 0.3) is 0 Å². The van der Waals surface area contributed by atoms with Crippen molar-refractivity contribution in [3.8, 4) is 36.2 Å². The summed E-state index contributed by atoms with van der Waals surface area (Å²) in [5.41, 5.74) is 0. The quantitative estimate of drug-likeness (QED) is 0.400. The van der Waals surface area contributed by atoms with Gasteiger partial charge in [0.2, 0.25) is 0 Å². The zero-order valence-electron chi connectivity index (χ0n) is 4.49. The third-order valence-corrected chi connectivity index (χ3v) is 0.350. The lowest BCUT2D eigenvalue weighted by atomic mass is 10.6. The molecule has 1 heteroatoms. The summed E-state index contributed by atoms with van der Waals surface area (Å²) in [5, 5.41) is 0. The van der Waals surface area contributed by atoms with Crippen LogP contribution in [0.15, 0.2) is 0 Å². The third kappa shape index (κ3) is 4.48. The molecule has 38 valence electrons. The molecule has 0 rings (SSSR count). The lowest BCUT2D eigenvalue weighted by Gasteiger charge is -1.69. The number of hydrogen-bond donors (Lipinski definition) is 0. The van der Waals surface area contributed by atoms with Gasteiger partial charge in [0.25, 0.3) is 0 Å². The van der Waals surface area contributed by atoms with Crippen LogP contribution in [0.5, 0.6) is 0 Å². The minimum atomic E-state index is 1.46. The van der Waals surface area contributed by atoms with Gasteiger partial charge in [0.05, 0.1) is 7.11 Å². The van der Waals surface area contributed by atoms with Gasteiger partial charge in [-0.25, -0.2) is 0 Å². The Labute approximate surface area is 49.0 Å². The summed E-state index contributed by atoms with van der Waals surface area (Å²) in [5.74, 6) is 9.14. The fourth-order valence-corrected chi connectivity index (χ4v) is 0.144. The largest absolute Gasteiger partial charge is 0.449 e. The summed E-state index contributed by atoms with van der Waals surface area (Å²) in [6.07, 6.45) is 7.04. The van der Waals surface area contributed by atoms with Crippen molar-refractivity contribution in [2.24, 2.45) is 0 Å². The van der Waals surface area contributed by atoms with Gasteiger partial charge in [-0.3, -0.25) is 0 Å². The average Bonchev–Trinajstić information content (AvgIpc) is 1.81. The molecule has 0 aliphatic carbocycles. The van der Waals surface area contributed by atoms with Gasteiger partial charge >= 0.3 is 0 Å². The Morgan fingerprint density at radius 1 is 1.25 bits per heavy atom. The van der Waals surface area contributed by atoms with Gasteiger partial charge in [0.15, 0.2) is 0 Å². The molecule has 0 fully saturated rings. The summed E-state index contributed by atoms with van der Waals surface area (Å²) in [6.45, 7) is 0. The third-order valence-electron chi connectivity index (χ3n) is 0.350. The second kappa shape index (κ2) is 5.48. The molecule has 1 nitrogen and oxygen atoms in total. The molecule has 0 heterocycles. The number of methoxy groups -OCH3 is 1. The summed E-state index contributed by atoms with van der Waals surface area (Å²) >= 11 is 0. The van der Waals surface area contributed by atoms with Gasteiger partial charge in [0.1, 0.15) is 6.11 Å². The summed E-state index contributed by atoms with van der Waals surface area (Å²) < 4.78 is 4.36. The minimum Gasteiger partial charge on any atom is -0.449 e. The lowest BCUT2D eigenvalue weighted by molar-refractivity contribution is 0.372. The van der Waals surface area contributed by atoms with Crippen molar-refractivity contribution in [1.82, 2.24) is 0 Å². The monoisotopic (exact) mass is 104 g/mol. The van der Waals surface area contributed by atoms with Crippen LogP contribution in [0.4, 0.5) is 0 Å². The molecule has 0 N–H and O–H groups in total. The Hall–Kier alpha value is -1.52. The van der Waals surface area contributed by atoms with Crippen LogP contribution >= 0.6 is 0 Å². The van der Waals surface area contributed by atoms with E-state index in [1.165, 1.54) is 7.11 Å². The standard InChI is InChI=1S/C7H4O/c1-3-4-5-6-7-8-2/h1H,2H3. The first-order chi connectivity index (χ1) is 3.91. The van der Waals surface area contributed by atoms with Crippen molar-refractivity contribution in [1.29, 1.82) is 0 Å². The van der Waals surface area contributed by atoms with E-state index in [0.717, 1.165) is 0 Å². The van der Waals surface area contributed by atoms with E-state index in [9.17, 15) is 0 Å². The molecule has 0 aromatic heterocycles. The molecular weight excluding hydrogens is 100 g/mol. The van der Waals surface area contributed by atoms with Gasteiger partial charge in [-0.1, -0.05) is 0 Å². The van der Waals surface area contributed by atoms with Crippen molar-refractivity contribution in [3.63, 3.8) is 0 Å². The molecule has 0 bridgehead atoms. The molecule has 0 aliphatic rings. The van der Waals surface area contributed by atoms with Crippen LogP contribution in [-0.4, -0.2) is 7.11 Å². The Morgan fingerprint density at radius 2 is 2.00 bits per heavy atom. The van der Waals surface area contributed by atoms with E-state index < -0.39 is 0 Å². The molecule has 0 amide bonds. The average molecular weight is 104 g/mol. The molecule has 0 aliphatic heterocycles. The molecule has 0 saturated heterocycles. The highest BCUT2D eigenvalue weighted by atomic mass is 16.5. The van der Waals surface area contributed by atoms with Crippen LogP contribution in [0, 0.1) is 36.2 Å². The Kier molecular flexibility index (Phi) is 4.44. The first-order valence-electron chi connectivity index (χ1n) is 1.90. The zero-order chi connectivity index (χ0) is 6.24. The zero-order valence-corrected chi connectivity index (χ0v) is 4.49. The van der Waals surface area contributed by atoms with Crippen LogP contribution < -0.4 is 0 Å². The fourth-order valence-electron chi connectivity index (χ4n) is 0.144. The van der Waals surface area contributed by atoms with Gasteiger partial charge in [-0.15, -0.1) is 6.42 Å². The highest BCUT2D eigenvalue weighted by molar-refractivity contribution is 5.32. The highest BCUT2D eigenvalue weighted by Gasteiger charge is 1.52. The van der Waals surface area contributed by atoms with E-state index in [-0.39, 0.29) is 0 Å². The molecule has 0 aromatic carbocycles. The molecule has 0 atom stereocenters. The van der Waals surface area contributed by atoms with Crippen LogP contribution in [0.3, 0.4) is 0 Å². The second-order valence-corrected chi connectivity index (χ2v) is 0.826. The van der Waals surface area contributed by atoms with Crippen LogP contribution in [0.1, 0.15) is 0 Å². The van der Waals surface area contributed by atoms with Gasteiger partial charge in [0, 0.05) is 11.8 Å². The molecule has 0 spiro atoms. The van der Waals surface area contributed by atoms with Gasteiger partial charge < -0.3 is 4.74 Å². The number of rotatable bonds is 0. The van der Waals surface area contributed by atoms with E-state index in [1.54, 1.807) is 0 Å². The predicted octanol–water partition coefficient (Wildman–Crippen LogP) is 0.230. The SMILES string of the molecule is C#CC#CC#COC. The Morgan fingerprint density at radius 3 is 2.50 bits per heavy atom. The van der Waals surface area contributed by atoms with E-state index in [1.807, 2.05) is 0 Å². The fraction of sp³-hybridized carbons (Fsp3) is 0.143. The normalized spacial score (nSPS) is 4.00. The van der Waals surface area contributed by atoms with Gasteiger partial charge in [-0.05, 0) is 11.8 Å². The Balaban J connectivity index is 3.61. The van der Waals surface area contributed by atoms with Crippen molar-refractivity contribution in [2.45, 2.75) is 0 Å².